The molecule has 0 radical (unpaired) electrons. The van der Waals surface area contributed by atoms with Crippen LogP contribution in [0.3, 0.4) is 0 Å². The van der Waals surface area contributed by atoms with Gasteiger partial charge in [0.05, 0.1) is 0 Å². The molecule has 48 valence electrons. The summed E-state index contributed by atoms with van der Waals surface area (Å²) in [5.41, 5.74) is 0. The van der Waals surface area contributed by atoms with Crippen molar-refractivity contribution in [1.29, 1.82) is 0 Å². The highest BCUT2D eigenvalue weighted by atomic mass is 127. The molecule has 0 aliphatic rings. The van der Waals surface area contributed by atoms with Gasteiger partial charge in [0.1, 0.15) is 0 Å². The Morgan fingerprint density at radius 2 is 2.44 bits per heavy atom. The number of hydrogen-bond donors (Lipinski definition) is 0. The van der Waals surface area contributed by atoms with Crippen LogP contribution in [0.2, 0.25) is 0 Å². The van der Waals surface area contributed by atoms with Crippen molar-refractivity contribution in [3.63, 3.8) is 0 Å². The molecule has 0 atom stereocenters. The average molecular weight is 239 g/mol. The van der Waals surface area contributed by atoms with Crippen molar-refractivity contribution in [3.8, 4) is 5.75 Å². The fraction of sp³-hybridized carbons (Fsp3) is 0. The molecule has 2 nitrogen and oxygen atoms in total. The number of pyridine rings is 1. The van der Waals surface area contributed by atoms with Gasteiger partial charge >= 0.3 is 0 Å². The van der Waals surface area contributed by atoms with Crippen LogP contribution in [0.15, 0.2) is 18.3 Å². The maximum atomic E-state index is 12.3. The molecule has 1 aromatic rings. The molecule has 0 aliphatic heterocycles. The highest BCUT2D eigenvalue weighted by molar-refractivity contribution is 14.1. The number of hydrogen-bond acceptors (Lipinski definition) is 2. The molecule has 0 aromatic carbocycles. The van der Waals surface area contributed by atoms with Gasteiger partial charge in [0, 0.05) is 6.20 Å². The van der Waals surface area contributed by atoms with Gasteiger partial charge in [-0.3, -0.25) is 0 Å². The Balaban J connectivity index is 3.01. The van der Waals surface area contributed by atoms with Gasteiger partial charge in [0.25, 0.3) is 5.95 Å². The minimum Gasteiger partial charge on any atom is -0.423 e. The lowest BCUT2D eigenvalue weighted by atomic mass is 10.5. The summed E-state index contributed by atoms with van der Waals surface area (Å²) in [6.07, 6.45) is 1.37. The first-order chi connectivity index (χ1) is 4.34. The maximum Gasteiger partial charge on any atom is 0.256 e. The Bertz CT molecular complexity index is 206. The van der Waals surface area contributed by atoms with Crippen LogP contribution in [0.5, 0.6) is 5.75 Å². The molecule has 4 heteroatoms. The minimum atomic E-state index is -0.577. The van der Waals surface area contributed by atoms with E-state index in [1.807, 2.05) is 0 Å². The van der Waals surface area contributed by atoms with E-state index in [1.54, 1.807) is 29.1 Å². The third kappa shape index (κ3) is 1.51. The molecular weight excluding hydrogens is 236 g/mol. The monoisotopic (exact) mass is 239 g/mol. The summed E-state index contributed by atoms with van der Waals surface area (Å²) in [6.45, 7) is 0. The van der Waals surface area contributed by atoms with E-state index in [-0.39, 0.29) is 5.75 Å². The van der Waals surface area contributed by atoms with E-state index in [1.165, 1.54) is 12.3 Å². The number of rotatable bonds is 1. The van der Waals surface area contributed by atoms with E-state index in [0.29, 0.717) is 0 Å². The van der Waals surface area contributed by atoms with Crippen molar-refractivity contribution in [3.05, 3.63) is 24.3 Å². The average Bonchev–Trinajstić information content (AvgIpc) is 1.89. The molecule has 9 heavy (non-hydrogen) atoms. The van der Waals surface area contributed by atoms with Gasteiger partial charge in [0.2, 0.25) is 0 Å². The van der Waals surface area contributed by atoms with Crippen LogP contribution in [0, 0.1) is 5.95 Å². The van der Waals surface area contributed by atoms with E-state index in [4.69, 9.17) is 0 Å². The maximum absolute atomic E-state index is 12.3. The molecule has 0 aliphatic carbocycles. The van der Waals surface area contributed by atoms with Crippen LogP contribution in [-0.4, -0.2) is 4.98 Å². The zero-order valence-electron chi connectivity index (χ0n) is 4.34. The Morgan fingerprint density at radius 3 is 2.89 bits per heavy atom. The second kappa shape index (κ2) is 2.95. The number of nitrogens with zero attached hydrogens (tertiary/aromatic N) is 1. The molecule has 1 rings (SSSR count). The van der Waals surface area contributed by atoms with Crippen molar-refractivity contribution in [2.45, 2.75) is 0 Å². The van der Waals surface area contributed by atoms with Gasteiger partial charge in [-0.2, -0.15) is 4.39 Å². The Labute approximate surface area is 65.7 Å². The van der Waals surface area contributed by atoms with E-state index in [0.717, 1.165) is 0 Å². The van der Waals surface area contributed by atoms with E-state index in [9.17, 15) is 4.39 Å². The summed E-state index contributed by atoms with van der Waals surface area (Å²) in [5.74, 6) is -0.412. The lowest BCUT2D eigenvalue weighted by molar-refractivity contribution is 0.532. The van der Waals surface area contributed by atoms with Gasteiger partial charge in [0.15, 0.2) is 28.8 Å². The van der Waals surface area contributed by atoms with Crippen molar-refractivity contribution in [2.24, 2.45) is 0 Å². The highest BCUT2D eigenvalue weighted by Gasteiger charge is 1.98. The van der Waals surface area contributed by atoms with Crippen LogP contribution in [0.1, 0.15) is 0 Å². The topological polar surface area (TPSA) is 22.1 Å². The van der Waals surface area contributed by atoms with Crippen LogP contribution < -0.4 is 3.07 Å². The van der Waals surface area contributed by atoms with E-state index >= 15 is 0 Å². The minimum absolute atomic E-state index is 0.165. The van der Waals surface area contributed by atoms with Crippen LogP contribution in [0.25, 0.3) is 0 Å². The van der Waals surface area contributed by atoms with Crippen LogP contribution in [0.4, 0.5) is 4.39 Å². The smallest absolute Gasteiger partial charge is 0.256 e. The van der Waals surface area contributed by atoms with Crippen molar-refractivity contribution in [1.82, 2.24) is 4.98 Å². The van der Waals surface area contributed by atoms with Crippen LogP contribution >= 0.6 is 23.0 Å². The standard InChI is InChI=1S/C5H3FINO/c6-5-4(9-7)2-1-3-8-5/h1-3H. The lowest BCUT2D eigenvalue weighted by Gasteiger charge is -1.93. The summed E-state index contributed by atoms with van der Waals surface area (Å²) in [5, 5.41) is 0. The summed E-state index contributed by atoms with van der Waals surface area (Å²) in [6, 6.07) is 3.12. The molecule has 0 unspecified atom stereocenters. The summed E-state index contributed by atoms with van der Waals surface area (Å²) >= 11 is 1.60. The van der Waals surface area contributed by atoms with Crippen molar-refractivity contribution < 1.29 is 7.46 Å². The first-order valence-corrected chi connectivity index (χ1v) is 3.12. The molecule has 1 aromatic heterocycles. The van der Waals surface area contributed by atoms with Gasteiger partial charge in [-0.25, -0.2) is 4.98 Å². The third-order valence-corrected chi connectivity index (χ3v) is 1.28. The lowest BCUT2D eigenvalue weighted by Crippen LogP contribution is -1.83. The van der Waals surface area contributed by atoms with E-state index < -0.39 is 5.95 Å². The molecule has 0 fully saturated rings. The predicted octanol–water partition coefficient (Wildman–Crippen LogP) is 1.95. The van der Waals surface area contributed by atoms with Crippen molar-refractivity contribution >= 4 is 23.0 Å². The zero-order chi connectivity index (χ0) is 6.69. The number of aromatic nitrogens is 1. The predicted molar refractivity (Wildman–Crippen MR) is 38.8 cm³/mol. The SMILES string of the molecule is Fc1ncccc1OI. The molecule has 0 saturated carbocycles. The molecule has 1 heterocycles. The van der Waals surface area contributed by atoms with Crippen molar-refractivity contribution in [2.75, 3.05) is 0 Å². The Morgan fingerprint density at radius 1 is 1.67 bits per heavy atom. The first-order valence-electron chi connectivity index (χ1n) is 2.23. The molecular formula is C5H3FINO. The van der Waals surface area contributed by atoms with Crippen LogP contribution in [-0.2, 0) is 0 Å². The quantitative estimate of drug-likeness (QED) is 0.552. The molecule has 0 amide bonds. The highest BCUT2D eigenvalue weighted by Crippen LogP contribution is 2.14. The second-order valence-corrected chi connectivity index (χ2v) is 1.81. The van der Waals surface area contributed by atoms with E-state index in [2.05, 4.69) is 8.05 Å². The normalized spacial score (nSPS) is 9.11. The van der Waals surface area contributed by atoms with Gasteiger partial charge in [-0.05, 0) is 12.1 Å². The first kappa shape index (κ1) is 6.73. The fourth-order valence-corrected chi connectivity index (χ4v) is 0.757. The fourth-order valence-electron chi connectivity index (χ4n) is 0.429. The Hall–Kier alpha value is -0.390. The summed E-state index contributed by atoms with van der Waals surface area (Å²) < 4.78 is 16.9. The second-order valence-electron chi connectivity index (χ2n) is 1.37. The molecule has 0 saturated heterocycles. The molecule has 0 N–H and O–H groups in total. The molecule has 0 spiro atoms. The number of halogens is 2. The largest absolute Gasteiger partial charge is 0.423 e. The zero-order valence-corrected chi connectivity index (χ0v) is 6.50. The summed E-state index contributed by atoms with van der Waals surface area (Å²) in [4.78, 5) is 3.35. The van der Waals surface area contributed by atoms with Gasteiger partial charge in [-0.1, -0.05) is 0 Å². The summed E-state index contributed by atoms with van der Waals surface area (Å²) in [7, 11) is 0. The Kier molecular flexibility index (Phi) is 2.21. The van der Waals surface area contributed by atoms with Gasteiger partial charge in [-0.15, -0.1) is 0 Å². The third-order valence-electron chi connectivity index (χ3n) is 0.808. The molecule has 0 bridgehead atoms. The van der Waals surface area contributed by atoms with Gasteiger partial charge < -0.3 is 3.07 Å².